The summed E-state index contributed by atoms with van der Waals surface area (Å²) < 4.78 is 5.34. The van der Waals surface area contributed by atoms with Gasteiger partial charge >= 0.3 is 0 Å². The van der Waals surface area contributed by atoms with E-state index in [1.807, 2.05) is 19.1 Å². The van der Waals surface area contributed by atoms with E-state index in [9.17, 15) is 4.79 Å². The minimum atomic E-state index is -0.194. The lowest BCUT2D eigenvalue weighted by atomic mass is 9.99. The molecule has 4 heteroatoms. The Morgan fingerprint density at radius 2 is 2.21 bits per heavy atom. The fourth-order valence-corrected chi connectivity index (χ4v) is 2.39. The zero-order chi connectivity index (χ0) is 13.2. The van der Waals surface area contributed by atoms with Crippen molar-refractivity contribution < 1.29 is 9.21 Å². The number of nitrogens with one attached hydrogen (secondary N) is 2. The van der Waals surface area contributed by atoms with Crippen molar-refractivity contribution in [1.29, 1.82) is 0 Å². The number of rotatable bonds is 2. The molecule has 4 nitrogen and oxygen atoms in total. The fourth-order valence-electron chi connectivity index (χ4n) is 2.39. The Morgan fingerprint density at radius 3 is 3.00 bits per heavy atom. The van der Waals surface area contributed by atoms with Gasteiger partial charge in [-0.15, -0.1) is 0 Å². The molecule has 2 heterocycles. The summed E-state index contributed by atoms with van der Waals surface area (Å²) in [6, 6.07) is 9.49. The molecule has 0 bridgehead atoms. The Bertz CT molecular complexity index is 616. The van der Waals surface area contributed by atoms with Crippen LogP contribution in [-0.4, -0.2) is 12.5 Å². The second kappa shape index (κ2) is 4.90. The molecule has 0 atom stereocenters. The van der Waals surface area contributed by atoms with Gasteiger partial charge in [0.05, 0.1) is 0 Å². The standard InChI is InChI=1S/C15H16N2O2/c1-10-5-6-14(19-10)15(18)17-13-4-2-3-11-9-16-8-7-12(11)13/h2-6,16H,7-9H2,1H3,(H,17,18). The van der Waals surface area contributed by atoms with E-state index in [-0.39, 0.29) is 5.91 Å². The molecule has 1 amide bonds. The normalized spacial score (nSPS) is 13.9. The summed E-state index contributed by atoms with van der Waals surface area (Å²) in [4.78, 5) is 12.1. The Morgan fingerprint density at radius 1 is 1.32 bits per heavy atom. The molecule has 0 spiro atoms. The van der Waals surface area contributed by atoms with Crippen LogP contribution in [0.4, 0.5) is 5.69 Å². The van der Waals surface area contributed by atoms with Gasteiger partial charge in [0, 0.05) is 12.2 Å². The zero-order valence-electron chi connectivity index (χ0n) is 10.8. The van der Waals surface area contributed by atoms with Crippen LogP contribution in [0.3, 0.4) is 0 Å². The third-order valence-corrected chi connectivity index (χ3v) is 3.35. The quantitative estimate of drug-likeness (QED) is 0.868. The summed E-state index contributed by atoms with van der Waals surface area (Å²) in [5.74, 6) is 0.897. The van der Waals surface area contributed by atoms with E-state index in [1.165, 1.54) is 11.1 Å². The van der Waals surface area contributed by atoms with Gasteiger partial charge in [-0.25, -0.2) is 0 Å². The van der Waals surface area contributed by atoms with Crippen LogP contribution < -0.4 is 10.6 Å². The Balaban J connectivity index is 1.85. The number of hydrogen-bond donors (Lipinski definition) is 2. The van der Waals surface area contributed by atoms with Crippen molar-refractivity contribution in [2.75, 3.05) is 11.9 Å². The molecule has 0 unspecified atom stereocenters. The molecule has 98 valence electrons. The Hall–Kier alpha value is -2.07. The molecule has 0 saturated carbocycles. The van der Waals surface area contributed by atoms with Crippen LogP contribution in [0, 0.1) is 6.92 Å². The molecule has 1 aromatic heterocycles. The van der Waals surface area contributed by atoms with E-state index in [2.05, 4.69) is 16.7 Å². The molecule has 0 fully saturated rings. The molecule has 2 N–H and O–H groups in total. The first kappa shape index (κ1) is 12.0. The number of carbonyl (C=O) groups excluding carboxylic acids is 1. The predicted molar refractivity (Wildman–Crippen MR) is 73.3 cm³/mol. The molecule has 1 aliphatic heterocycles. The van der Waals surface area contributed by atoms with Gasteiger partial charge in [-0.2, -0.15) is 0 Å². The first-order valence-corrected chi connectivity index (χ1v) is 6.43. The van der Waals surface area contributed by atoms with Crippen molar-refractivity contribution >= 4 is 11.6 Å². The highest BCUT2D eigenvalue weighted by atomic mass is 16.3. The molecule has 19 heavy (non-hydrogen) atoms. The minimum Gasteiger partial charge on any atom is -0.456 e. The topological polar surface area (TPSA) is 54.3 Å². The number of hydrogen-bond acceptors (Lipinski definition) is 3. The van der Waals surface area contributed by atoms with Gasteiger partial charge in [0.25, 0.3) is 5.91 Å². The van der Waals surface area contributed by atoms with E-state index < -0.39 is 0 Å². The van der Waals surface area contributed by atoms with Crippen molar-refractivity contribution in [3.05, 3.63) is 53.0 Å². The van der Waals surface area contributed by atoms with Crippen LogP contribution in [0.2, 0.25) is 0 Å². The highest BCUT2D eigenvalue weighted by Gasteiger charge is 2.16. The zero-order valence-corrected chi connectivity index (χ0v) is 10.8. The summed E-state index contributed by atoms with van der Waals surface area (Å²) in [6.07, 6.45) is 0.934. The Kier molecular flexibility index (Phi) is 3.09. The van der Waals surface area contributed by atoms with Gasteiger partial charge in [-0.05, 0) is 49.2 Å². The first-order valence-electron chi connectivity index (χ1n) is 6.43. The van der Waals surface area contributed by atoms with Crippen molar-refractivity contribution in [2.45, 2.75) is 19.9 Å². The molecular formula is C15H16N2O2. The maximum atomic E-state index is 12.1. The molecule has 0 saturated heterocycles. The summed E-state index contributed by atoms with van der Waals surface area (Å²) in [7, 11) is 0. The third-order valence-electron chi connectivity index (χ3n) is 3.35. The van der Waals surface area contributed by atoms with E-state index in [0.29, 0.717) is 5.76 Å². The number of amides is 1. The number of fused-ring (bicyclic) bond motifs is 1. The van der Waals surface area contributed by atoms with Gasteiger partial charge in [0.1, 0.15) is 5.76 Å². The summed E-state index contributed by atoms with van der Waals surface area (Å²) >= 11 is 0. The van der Waals surface area contributed by atoms with E-state index in [4.69, 9.17) is 4.42 Å². The van der Waals surface area contributed by atoms with Crippen molar-refractivity contribution in [3.63, 3.8) is 0 Å². The molecule has 1 aliphatic rings. The van der Waals surface area contributed by atoms with Crippen LogP contribution in [0.25, 0.3) is 0 Å². The lowest BCUT2D eigenvalue weighted by Crippen LogP contribution is -2.25. The monoisotopic (exact) mass is 256 g/mol. The molecule has 1 aromatic carbocycles. The first-order chi connectivity index (χ1) is 9.24. The number of aryl methyl sites for hydroxylation is 1. The largest absolute Gasteiger partial charge is 0.456 e. The number of carbonyl (C=O) groups is 1. The van der Waals surface area contributed by atoms with Crippen molar-refractivity contribution in [1.82, 2.24) is 5.32 Å². The summed E-state index contributed by atoms with van der Waals surface area (Å²) in [6.45, 7) is 3.63. The smallest absolute Gasteiger partial charge is 0.291 e. The van der Waals surface area contributed by atoms with Crippen LogP contribution in [0.15, 0.2) is 34.7 Å². The molecular weight excluding hydrogens is 240 g/mol. The van der Waals surface area contributed by atoms with E-state index in [1.54, 1.807) is 12.1 Å². The lowest BCUT2D eigenvalue weighted by Gasteiger charge is -2.20. The average Bonchev–Trinajstić information content (AvgIpc) is 2.86. The molecule has 0 aliphatic carbocycles. The summed E-state index contributed by atoms with van der Waals surface area (Å²) in [5.41, 5.74) is 3.36. The van der Waals surface area contributed by atoms with E-state index >= 15 is 0 Å². The minimum absolute atomic E-state index is 0.194. The number of benzene rings is 1. The average molecular weight is 256 g/mol. The van der Waals surface area contributed by atoms with Crippen LogP contribution in [-0.2, 0) is 13.0 Å². The third kappa shape index (κ3) is 2.39. The summed E-state index contributed by atoms with van der Waals surface area (Å²) in [5, 5.41) is 6.26. The van der Waals surface area contributed by atoms with Crippen LogP contribution >= 0.6 is 0 Å². The van der Waals surface area contributed by atoms with Crippen LogP contribution in [0.1, 0.15) is 27.4 Å². The lowest BCUT2D eigenvalue weighted by molar-refractivity contribution is 0.0995. The highest BCUT2D eigenvalue weighted by molar-refractivity contribution is 6.02. The van der Waals surface area contributed by atoms with Gasteiger partial charge in [-0.1, -0.05) is 12.1 Å². The predicted octanol–water partition coefficient (Wildman–Crippen LogP) is 2.49. The SMILES string of the molecule is Cc1ccc(C(=O)Nc2cccc3c2CCNC3)o1. The number of furan rings is 1. The fraction of sp³-hybridized carbons (Fsp3) is 0.267. The maximum absolute atomic E-state index is 12.1. The van der Waals surface area contributed by atoms with Crippen molar-refractivity contribution in [2.24, 2.45) is 0 Å². The van der Waals surface area contributed by atoms with Gasteiger partial charge in [0.2, 0.25) is 0 Å². The Labute approximate surface area is 111 Å². The maximum Gasteiger partial charge on any atom is 0.291 e. The van der Waals surface area contributed by atoms with Gasteiger partial charge in [0.15, 0.2) is 5.76 Å². The number of anilines is 1. The molecule has 0 radical (unpaired) electrons. The van der Waals surface area contributed by atoms with E-state index in [0.717, 1.165) is 31.0 Å². The highest BCUT2D eigenvalue weighted by Crippen LogP contribution is 2.23. The van der Waals surface area contributed by atoms with Gasteiger partial charge in [-0.3, -0.25) is 4.79 Å². The van der Waals surface area contributed by atoms with Crippen molar-refractivity contribution in [3.8, 4) is 0 Å². The second-order valence-electron chi connectivity index (χ2n) is 4.73. The molecule has 3 rings (SSSR count). The molecule has 2 aromatic rings. The second-order valence-corrected chi connectivity index (χ2v) is 4.73. The van der Waals surface area contributed by atoms with Crippen LogP contribution in [0.5, 0.6) is 0 Å². The van der Waals surface area contributed by atoms with Gasteiger partial charge < -0.3 is 15.1 Å².